The van der Waals surface area contributed by atoms with Gasteiger partial charge in [0.2, 0.25) is 11.8 Å². The van der Waals surface area contributed by atoms with E-state index < -0.39 is 0 Å². The zero-order valence-corrected chi connectivity index (χ0v) is 18.2. The smallest absolute Gasteiger partial charge is 0.247 e. The highest BCUT2D eigenvalue weighted by molar-refractivity contribution is 5.95. The van der Waals surface area contributed by atoms with Crippen LogP contribution in [0.15, 0.2) is 54.9 Å². The van der Waals surface area contributed by atoms with Crippen molar-refractivity contribution in [3.05, 3.63) is 66.0 Å². The van der Waals surface area contributed by atoms with Gasteiger partial charge in [-0.2, -0.15) is 0 Å². The number of rotatable bonds is 7. The lowest BCUT2D eigenvalue weighted by atomic mass is 10.1. The molecule has 1 saturated heterocycles. The minimum atomic E-state index is -0.202. The molecule has 0 atom stereocenters. The highest BCUT2D eigenvalue weighted by Crippen LogP contribution is 2.18. The Labute approximate surface area is 191 Å². The van der Waals surface area contributed by atoms with Crippen LogP contribution in [-0.4, -0.2) is 64.6 Å². The number of nitrogens with zero attached hydrogens (tertiary/aromatic N) is 4. The van der Waals surface area contributed by atoms with E-state index in [2.05, 4.69) is 9.97 Å². The summed E-state index contributed by atoms with van der Waals surface area (Å²) in [4.78, 5) is 36.3. The minimum absolute atomic E-state index is 0.0370. The van der Waals surface area contributed by atoms with Gasteiger partial charge in [0, 0.05) is 30.2 Å². The summed E-state index contributed by atoms with van der Waals surface area (Å²) < 4.78 is 5.71. The van der Waals surface area contributed by atoms with Crippen molar-refractivity contribution in [1.29, 1.82) is 0 Å². The second-order valence-electron chi connectivity index (χ2n) is 7.82. The molecule has 1 aromatic heterocycles. The Kier molecular flexibility index (Phi) is 6.80. The summed E-state index contributed by atoms with van der Waals surface area (Å²) in [5.41, 5.74) is 14.9. The number of hydrogen-bond donors (Lipinski definition) is 2. The van der Waals surface area contributed by atoms with Crippen LogP contribution >= 0.6 is 0 Å². The van der Waals surface area contributed by atoms with Gasteiger partial charge in [-0.05, 0) is 47.9 Å². The average Bonchev–Trinajstić information content (AvgIpc) is 2.81. The first-order valence-electron chi connectivity index (χ1n) is 10.7. The van der Waals surface area contributed by atoms with Gasteiger partial charge in [0.15, 0.2) is 0 Å². The van der Waals surface area contributed by atoms with Crippen LogP contribution in [0, 0.1) is 0 Å². The molecule has 170 valence electrons. The van der Waals surface area contributed by atoms with Gasteiger partial charge in [-0.1, -0.05) is 18.2 Å². The number of nitrogens with two attached hydrogens (primary N) is 2. The molecule has 2 amide bonds. The predicted molar refractivity (Wildman–Crippen MR) is 127 cm³/mol. The Hall–Kier alpha value is -3.98. The van der Waals surface area contributed by atoms with Crippen LogP contribution in [0.4, 0.5) is 11.5 Å². The van der Waals surface area contributed by atoms with E-state index in [1.54, 1.807) is 23.1 Å². The number of aromatic nitrogens is 2. The standard InChI is InChI=1S/C24H26N6O3/c25-19-3-1-2-17(12-19)5-7-22(31)29-9-10-30(23(32)14-29)16-33-11-8-18-4-6-20-21(13-18)27-15-28-24(20)26/h1-7,12-13,15H,8-11,14,16,25H2,(H2,26,27,28)/b7-5+. The zero-order valence-electron chi connectivity index (χ0n) is 18.2. The SMILES string of the molecule is Nc1cccc(/C=C/C(=O)N2CCN(COCCc3ccc4c(N)ncnc4c3)C(=O)C2)c1. The molecule has 0 bridgehead atoms. The second-order valence-corrected chi connectivity index (χ2v) is 7.82. The van der Waals surface area contributed by atoms with Crippen molar-refractivity contribution in [3.63, 3.8) is 0 Å². The number of piperazine rings is 1. The molecule has 9 heteroatoms. The van der Waals surface area contributed by atoms with Gasteiger partial charge in [0.1, 0.15) is 25.4 Å². The topological polar surface area (TPSA) is 128 Å². The molecular weight excluding hydrogens is 420 g/mol. The first-order valence-corrected chi connectivity index (χ1v) is 10.7. The quantitative estimate of drug-likeness (QED) is 0.321. The number of fused-ring (bicyclic) bond motifs is 1. The van der Waals surface area contributed by atoms with Crippen LogP contribution in [0.25, 0.3) is 17.0 Å². The maximum Gasteiger partial charge on any atom is 0.247 e. The molecular formula is C24H26N6O3. The summed E-state index contributed by atoms with van der Waals surface area (Å²) >= 11 is 0. The first-order chi connectivity index (χ1) is 16.0. The highest BCUT2D eigenvalue weighted by atomic mass is 16.5. The summed E-state index contributed by atoms with van der Waals surface area (Å²) in [5, 5.41) is 0.822. The first kappa shape index (κ1) is 22.2. The summed E-state index contributed by atoms with van der Waals surface area (Å²) in [6, 6.07) is 13.1. The summed E-state index contributed by atoms with van der Waals surface area (Å²) in [6.45, 7) is 1.59. The Morgan fingerprint density at radius 2 is 2.00 bits per heavy atom. The lowest BCUT2D eigenvalue weighted by Crippen LogP contribution is -2.52. The van der Waals surface area contributed by atoms with Crippen molar-refractivity contribution in [2.75, 3.05) is 44.4 Å². The van der Waals surface area contributed by atoms with Crippen LogP contribution in [0.1, 0.15) is 11.1 Å². The third kappa shape index (κ3) is 5.64. The Balaban J connectivity index is 1.22. The number of nitrogen functional groups attached to an aromatic ring is 2. The maximum atomic E-state index is 12.5. The fraction of sp³-hybridized carbons (Fsp3) is 0.250. The van der Waals surface area contributed by atoms with E-state index in [4.69, 9.17) is 16.2 Å². The molecule has 4 rings (SSSR count). The minimum Gasteiger partial charge on any atom is -0.399 e. The highest BCUT2D eigenvalue weighted by Gasteiger charge is 2.25. The van der Waals surface area contributed by atoms with E-state index in [0.717, 1.165) is 22.0 Å². The normalized spacial score (nSPS) is 14.4. The van der Waals surface area contributed by atoms with E-state index in [-0.39, 0.29) is 25.1 Å². The Morgan fingerprint density at radius 1 is 1.12 bits per heavy atom. The molecule has 0 saturated carbocycles. The molecule has 1 aliphatic heterocycles. The van der Waals surface area contributed by atoms with Crippen molar-refractivity contribution < 1.29 is 14.3 Å². The fourth-order valence-electron chi connectivity index (χ4n) is 3.61. The van der Waals surface area contributed by atoms with Crippen LogP contribution in [0.5, 0.6) is 0 Å². The van der Waals surface area contributed by atoms with Gasteiger partial charge in [-0.3, -0.25) is 9.59 Å². The molecule has 9 nitrogen and oxygen atoms in total. The van der Waals surface area contributed by atoms with Crippen LogP contribution in [0.3, 0.4) is 0 Å². The third-order valence-corrected chi connectivity index (χ3v) is 5.47. The molecule has 0 aliphatic carbocycles. The number of anilines is 2. The van der Waals surface area contributed by atoms with Crippen LogP contribution in [0.2, 0.25) is 0 Å². The number of carbonyl (C=O) groups excluding carboxylic acids is 2. The lowest BCUT2D eigenvalue weighted by molar-refractivity contribution is -0.147. The van der Waals surface area contributed by atoms with E-state index in [9.17, 15) is 9.59 Å². The Bertz CT molecular complexity index is 1200. The van der Waals surface area contributed by atoms with Crippen molar-refractivity contribution in [1.82, 2.24) is 19.8 Å². The Morgan fingerprint density at radius 3 is 2.82 bits per heavy atom. The summed E-state index contributed by atoms with van der Waals surface area (Å²) in [5.74, 6) is 0.121. The molecule has 4 N–H and O–H groups in total. The summed E-state index contributed by atoms with van der Waals surface area (Å²) in [6.07, 6.45) is 5.30. The molecule has 2 aromatic carbocycles. The molecule has 3 aromatic rings. The monoisotopic (exact) mass is 446 g/mol. The maximum absolute atomic E-state index is 12.5. The van der Waals surface area contributed by atoms with Crippen molar-refractivity contribution in [2.24, 2.45) is 0 Å². The molecule has 0 unspecified atom stereocenters. The number of benzene rings is 2. The molecule has 1 aliphatic rings. The second kappa shape index (κ2) is 10.1. The fourth-order valence-corrected chi connectivity index (χ4v) is 3.61. The number of amides is 2. The average molecular weight is 447 g/mol. The van der Waals surface area contributed by atoms with E-state index in [1.165, 1.54) is 17.3 Å². The predicted octanol–water partition coefficient (Wildman–Crippen LogP) is 1.69. The van der Waals surface area contributed by atoms with Crippen molar-refractivity contribution >= 4 is 40.3 Å². The zero-order chi connectivity index (χ0) is 23.2. The van der Waals surface area contributed by atoms with E-state index >= 15 is 0 Å². The number of hydrogen-bond acceptors (Lipinski definition) is 7. The van der Waals surface area contributed by atoms with Gasteiger partial charge in [-0.25, -0.2) is 9.97 Å². The van der Waals surface area contributed by atoms with Gasteiger partial charge >= 0.3 is 0 Å². The van der Waals surface area contributed by atoms with Crippen molar-refractivity contribution in [2.45, 2.75) is 6.42 Å². The largest absolute Gasteiger partial charge is 0.399 e. The van der Waals surface area contributed by atoms with Crippen LogP contribution < -0.4 is 11.5 Å². The molecule has 0 spiro atoms. The summed E-state index contributed by atoms with van der Waals surface area (Å²) in [7, 11) is 0. The molecule has 0 radical (unpaired) electrons. The van der Waals surface area contributed by atoms with E-state index in [0.29, 0.717) is 37.6 Å². The van der Waals surface area contributed by atoms with Gasteiger partial charge in [0.25, 0.3) is 0 Å². The van der Waals surface area contributed by atoms with Crippen molar-refractivity contribution in [3.8, 4) is 0 Å². The number of carbonyl (C=O) groups is 2. The molecule has 2 heterocycles. The lowest BCUT2D eigenvalue weighted by Gasteiger charge is -2.33. The van der Waals surface area contributed by atoms with E-state index in [1.807, 2.05) is 30.3 Å². The van der Waals surface area contributed by atoms with Gasteiger partial charge in [0.05, 0.1) is 12.1 Å². The number of ether oxygens (including phenoxy) is 1. The van der Waals surface area contributed by atoms with Gasteiger partial charge in [-0.15, -0.1) is 0 Å². The molecule has 1 fully saturated rings. The third-order valence-electron chi connectivity index (χ3n) is 5.47. The van der Waals surface area contributed by atoms with Crippen LogP contribution in [-0.2, 0) is 20.7 Å². The van der Waals surface area contributed by atoms with Gasteiger partial charge < -0.3 is 26.0 Å². The molecule has 33 heavy (non-hydrogen) atoms.